The van der Waals surface area contributed by atoms with Crippen LogP contribution in [0.1, 0.15) is 28.0 Å². The number of piperazine rings is 1. The molecule has 2 heterocycles. The molecule has 0 atom stereocenters. The Hall–Kier alpha value is -3.52. The van der Waals surface area contributed by atoms with Crippen LogP contribution in [0.5, 0.6) is 5.75 Å². The van der Waals surface area contributed by atoms with Gasteiger partial charge < -0.3 is 15.0 Å². The first-order valence-electron chi connectivity index (χ1n) is 13.6. The van der Waals surface area contributed by atoms with Crippen molar-refractivity contribution in [1.29, 1.82) is 0 Å². The normalized spacial score (nSPS) is 13.2. The van der Waals surface area contributed by atoms with E-state index in [-0.39, 0.29) is 30.7 Å². The van der Waals surface area contributed by atoms with Gasteiger partial charge in [0.1, 0.15) is 17.3 Å². The molecule has 1 fully saturated rings. The van der Waals surface area contributed by atoms with Crippen molar-refractivity contribution < 1.29 is 9.53 Å². The molecule has 218 valence electrons. The average molecular weight is 597 g/mol. The Morgan fingerprint density at radius 3 is 2.29 bits per heavy atom. The lowest BCUT2D eigenvalue weighted by atomic mass is 10.1. The molecule has 0 spiro atoms. The summed E-state index contributed by atoms with van der Waals surface area (Å²) in [5.74, 6) is 1.36. The number of hydrogen-bond acceptors (Lipinski definition) is 5. The fraction of sp³-hybridized carbons (Fsp3) is 0.312. The minimum Gasteiger partial charge on any atom is -0.497 e. The zero-order valence-electron chi connectivity index (χ0n) is 23.9. The van der Waals surface area contributed by atoms with Gasteiger partial charge in [-0.1, -0.05) is 42.5 Å². The van der Waals surface area contributed by atoms with E-state index < -0.39 is 0 Å². The SMILES string of the molecule is COc1ccc(-n2cc(C(=O)NCCCN3CCN(c4cccc(C)c4C)CC3)nc2-c2ccccc2)cc1.Cl.Cl. The summed E-state index contributed by atoms with van der Waals surface area (Å²) in [4.78, 5) is 22.8. The van der Waals surface area contributed by atoms with Crippen molar-refractivity contribution in [3.8, 4) is 22.8 Å². The zero-order valence-corrected chi connectivity index (χ0v) is 25.5. The number of nitrogens with zero attached hydrogens (tertiary/aromatic N) is 4. The van der Waals surface area contributed by atoms with Crippen LogP contribution < -0.4 is 15.0 Å². The number of aromatic nitrogens is 2. The topological polar surface area (TPSA) is 62.6 Å². The Kier molecular flexibility index (Phi) is 11.6. The maximum Gasteiger partial charge on any atom is 0.271 e. The van der Waals surface area contributed by atoms with Crippen molar-refractivity contribution in [2.75, 3.05) is 51.3 Å². The lowest BCUT2D eigenvalue weighted by Gasteiger charge is -2.37. The molecule has 4 aromatic rings. The molecule has 0 radical (unpaired) electrons. The highest BCUT2D eigenvalue weighted by Gasteiger charge is 2.19. The largest absolute Gasteiger partial charge is 0.497 e. The maximum absolute atomic E-state index is 13.1. The molecule has 41 heavy (non-hydrogen) atoms. The molecule has 1 saturated heterocycles. The molecule has 0 saturated carbocycles. The quantitative estimate of drug-likeness (QED) is 0.242. The van der Waals surface area contributed by atoms with Crippen LogP contribution in [0.15, 0.2) is 79.0 Å². The minimum absolute atomic E-state index is 0. The van der Waals surface area contributed by atoms with Crippen molar-refractivity contribution in [1.82, 2.24) is 19.8 Å². The Morgan fingerprint density at radius 2 is 1.61 bits per heavy atom. The molecule has 5 rings (SSSR count). The van der Waals surface area contributed by atoms with Crippen molar-refractivity contribution in [2.24, 2.45) is 0 Å². The molecule has 1 aliphatic heterocycles. The fourth-order valence-electron chi connectivity index (χ4n) is 5.11. The van der Waals surface area contributed by atoms with E-state index >= 15 is 0 Å². The van der Waals surface area contributed by atoms with Crippen LogP contribution in [0.25, 0.3) is 17.1 Å². The monoisotopic (exact) mass is 595 g/mol. The second kappa shape index (κ2) is 14.9. The number of anilines is 1. The van der Waals surface area contributed by atoms with Gasteiger partial charge in [-0.05, 0) is 68.3 Å². The Bertz CT molecular complexity index is 1400. The summed E-state index contributed by atoms with van der Waals surface area (Å²) in [5, 5.41) is 3.08. The molecule has 1 N–H and O–H groups in total. The molecule has 1 aliphatic rings. The molecule has 1 aromatic heterocycles. The molecule has 1 amide bonds. The first kappa shape index (κ1) is 32.0. The van der Waals surface area contributed by atoms with Crippen LogP contribution >= 0.6 is 24.8 Å². The van der Waals surface area contributed by atoms with Gasteiger partial charge in [-0.25, -0.2) is 4.98 Å². The van der Waals surface area contributed by atoms with Gasteiger partial charge in [0.15, 0.2) is 0 Å². The number of rotatable bonds is 9. The number of ether oxygens (including phenoxy) is 1. The molecular weight excluding hydrogens is 557 g/mol. The number of aryl methyl sites for hydroxylation is 1. The van der Waals surface area contributed by atoms with Gasteiger partial charge in [-0.3, -0.25) is 14.3 Å². The van der Waals surface area contributed by atoms with Crippen LogP contribution in [0.4, 0.5) is 5.69 Å². The van der Waals surface area contributed by atoms with E-state index in [2.05, 4.69) is 47.2 Å². The van der Waals surface area contributed by atoms with Crippen LogP contribution in [0, 0.1) is 13.8 Å². The summed E-state index contributed by atoms with van der Waals surface area (Å²) < 4.78 is 7.26. The third-order valence-electron chi connectivity index (χ3n) is 7.55. The Balaban J connectivity index is 0.00000231. The molecule has 9 heteroatoms. The van der Waals surface area contributed by atoms with E-state index in [1.165, 1.54) is 16.8 Å². The van der Waals surface area contributed by atoms with Gasteiger partial charge in [-0.2, -0.15) is 0 Å². The van der Waals surface area contributed by atoms with E-state index in [1.54, 1.807) is 7.11 Å². The third kappa shape index (κ3) is 7.61. The fourth-order valence-corrected chi connectivity index (χ4v) is 5.11. The van der Waals surface area contributed by atoms with Gasteiger partial charge >= 0.3 is 0 Å². The van der Waals surface area contributed by atoms with Crippen molar-refractivity contribution in [3.63, 3.8) is 0 Å². The van der Waals surface area contributed by atoms with Gasteiger partial charge in [0.2, 0.25) is 0 Å². The maximum atomic E-state index is 13.1. The van der Waals surface area contributed by atoms with Crippen LogP contribution in [0.2, 0.25) is 0 Å². The molecule has 7 nitrogen and oxygen atoms in total. The lowest BCUT2D eigenvalue weighted by molar-refractivity contribution is 0.0947. The third-order valence-corrected chi connectivity index (χ3v) is 7.55. The molecule has 0 bridgehead atoms. The second-order valence-corrected chi connectivity index (χ2v) is 10.0. The van der Waals surface area contributed by atoms with Gasteiger partial charge in [0.05, 0.1) is 7.11 Å². The smallest absolute Gasteiger partial charge is 0.271 e. The zero-order chi connectivity index (χ0) is 27.2. The number of amides is 1. The number of hydrogen-bond donors (Lipinski definition) is 1. The van der Waals surface area contributed by atoms with Gasteiger partial charge in [0, 0.05) is 55.9 Å². The van der Waals surface area contributed by atoms with Gasteiger partial charge in [0.25, 0.3) is 5.91 Å². The first-order chi connectivity index (χ1) is 19.0. The first-order valence-corrected chi connectivity index (χ1v) is 13.6. The predicted molar refractivity (Wildman–Crippen MR) is 172 cm³/mol. The summed E-state index contributed by atoms with van der Waals surface area (Å²) in [6.07, 6.45) is 2.71. The molecule has 0 aliphatic carbocycles. The Labute approximate surface area is 255 Å². The van der Waals surface area contributed by atoms with Crippen molar-refractivity contribution in [2.45, 2.75) is 20.3 Å². The average Bonchev–Trinajstić information content (AvgIpc) is 3.43. The van der Waals surface area contributed by atoms with E-state index in [4.69, 9.17) is 9.72 Å². The van der Waals surface area contributed by atoms with Crippen molar-refractivity contribution >= 4 is 36.4 Å². The summed E-state index contributed by atoms with van der Waals surface area (Å²) in [6, 6.07) is 24.2. The number of benzene rings is 3. The number of methoxy groups -OCH3 is 1. The van der Waals surface area contributed by atoms with Crippen LogP contribution in [0.3, 0.4) is 0 Å². The lowest BCUT2D eigenvalue weighted by Crippen LogP contribution is -2.47. The van der Waals surface area contributed by atoms with Crippen LogP contribution in [-0.2, 0) is 0 Å². The molecule has 0 unspecified atom stereocenters. The summed E-state index contributed by atoms with van der Waals surface area (Å²) in [6.45, 7) is 10.1. The highest BCUT2D eigenvalue weighted by Crippen LogP contribution is 2.25. The number of nitrogens with one attached hydrogen (secondary N) is 1. The van der Waals surface area contributed by atoms with Crippen LogP contribution in [-0.4, -0.2) is 66.7 Å². The number of carbonyl (C=O) groups is 1. The molecular formula is C32H39Cl2N5O2. The highest BCUT2D eigenvalue weighted by atomic mass is 35.5. The Morgan fingerprint density at radius 1 is 0.902 bits per heavy atom. The highest BCUT2D eigenvalue weighted by molar-refractivity contribution is 5.93. The van der Waals surface area contributed by atoms with E-state index in [0.717, 1.165) is 62.0 Å². The summed E-state index contributed by atoms with van der Waals surface area (Å²) in [5.41, 5.74) is 6.35. The number of halogens is 2. The molecule has 3 aromatic carbocycles. The summed E-state index contributed by atoms with van der Waals surface area (Å²) >= 11 is 0. The van der Waals surface area contributed by atoms with Crippen molar-refractivity contribution in [3.05, 3.63) is 95.8 Å². The van der Waals surface area contributed by atoms with E-state index in [9.17, 15) is 4.79 Å². The van der Waals surface area contributed by atoms with E-state index in [0.29, 0.717) is 12.2 Å². The minimum atomic E-state index is -0.154. The number of carbonyl (C=O) groups excluding carboxylic acids is 1. The summed E-state index contributed by atoms with van der Waals surface area (Å²) in [7, 11) is 1.65. The van der Waals surface area contributed by atoms with E-state index in [1.807, 2.05) is 65.4 Å². The van der Waals surface area contributed by atoms with Gasteiger partial charge in [-0.15, -0.1) is 24.8 Å². The standard InChI is InChI=1S/C32H37N5O2.2ClH/c1-24-9-7-12-30(25(24)2)36-21-19-35(20-22-36)18-8-17-33-32(38)29-23-37(27-13-15-28(39-3)16-14-27)31(34-29)26-10-5-4-6-11-26;;/h4-7,9-16,23H,8,17-22H2,1-3H3,(H,33,38);2*1H. The second-order valence-electron chi connectivity index (χ2n) is 10.0. The predicted octanol–water partition coefficient (Wildman–Crippen LogP) is 5.95. The number of imidazole rings is 1.